The zero-order valence-electron chi connectivity index (χ0n) is 17.2. The van der Waals surface area contributed by atoms with Crippen LogP contribution in [0.5, 0.6) is 5.75 Å². The molecule has 0 unspecified atom stereocenters. The fourth-order valence-corrected chi connectivity index (χ4v) is 3.43. The quantitative estimate of drug-likeness (QED) is 0.256. The summed E-state index contributed by atoms with van der Waals surface area (Å²) in [6.45, 7) is -0.307. The van der Waals surface area contributed by atoms with E-state index >= 15 is 0 Å². The van der Waals surface area contributed by atoms with Crippen molar-refractivity contribution in [3.05, 3.63) is 91.9 Å². The lowest BCUT2D eigenvalue weighted by Gasteiger charge is -2.10. The lowest BCUT2D eigenvalue weighted by Crippen LogP contribution is -2.20. The number of para-hydroxylation sites is 1. The number of benzene rings is 3. The van der Waals surface area contributed by atoms with Gasteiger partial charge < -0.3 is 15.4 Å². The van der Waals surface area contributed by atoms with E-state index in [9.17, 15) is 14.9 Å². The van der Waals surface area contributed by atoms with Crippen molar-refractivity contribution >= 4 is 75.7 Å². The molecule has 3 aromatic carbocycles. The SMILES string of the molecule is N#C/C(=C\c1ccc(OCC(=O)Nc2ccc(Cl)c(Cl)c2)c(Cl)c1)C(=O)Nc1ccccc1Cl. The van der Waals surface area contributed by atoms with Gasteiger partial charge in [0.15, 0.2) is 6.61 Å². The monoisotopic (exact) mass is 533 g/mol. The third-order valence-electron chi connectivity index (χ3n) is 4.32. The maximum Gasteiger partial charge on any atom is 0.266 e. The second kappa shape index (κ2) is 11.8. The molecule has 0 spiro atoms. The molecule has 3 aromatic rings. The van der Waals surface area contributed by atoms with Gasteiger partial charge in [0.05, 0.1) is 25.8 Å². The van der Waals surface area contributed by atoms with E-state index in [4.69, 9.17) is 51.1 Å². The molecule has 0 aromatic heterocycles. The molecular formula is C24H15Cl4N3O3. The summed E-state index contributed by atoms with van der Waals surface area (Å²) in [5.74, 6) is -0.797. The van der Waals surface area contributed by atoms with Crippen LogP contribution < -0.4 is 15.4 Å². The zero-order chi connectivity index (χ0) is 24.7. The summed E-state index contributed by atoms with van der Waals surface area (Å²) >= 11 is 24.1. The van der Waals surface area contributed by atoms with Gasteiger partial charge in [0, 0.05) is 5.69 Å². The Hall–Kier alpha value is -3.21. The number of rotatable bonds is 7. The highest BCUT2D eigenvalue weighted by Crippen LogP contribution is 2.28. The second-order valence-corrected chi connectivity index (χ2v) is 8.39. The van der Waals surface area contributed by atoms with Crippen LogP contribution in [0.2, 0.25) is 20.1 Å². The van der Waals surface area contributed by atoms with E-state index in [1.807, 2.05) is 6.07 Å². The summed E-state index contributed by atoms with van der Waals surface area (Å²) < 4.78 is 5.47. The predicted octanol–water partition coefficient (Wildman–Crippen LogP) is 6.86. The summed E-state index contributed by atoms with van der Waals surface area (Å²) in [7, 11) is 0. The molecule has 0 aliphatic heterocycles. The highest BCUT2D eigenvalue weighted by molar-refractivity contribution is 6.42. The smallest absolute Gasteiger partial charge is 0.266 e. The fraction of sp³-hybridized carbons (Fsp3) is 0.0417. The van der Waals surface area contributed by atoms with Crippen LogP contribution in [0.1, 0.15) is 5.56 Å². The van der Waals surface area contributed by atoms with Crippen LogP contribution in [0.15, 0.2) is 66.2 Å². The summed E-state index contributed by atoms with van der Waals surface area (Å²) in [4.78, 5) is 24.6. The number of halogens is 4. The number of amides is 2. The minimum absolute atomic E-state index is 0.148. The lowest BCUT2D eigenvalue weighted by atomic mass is 10.1. The van der Waals surface area contributed by atoms with Gasteiger partial charge in [0.1, 0.15) is 17.4 Å². The van der Waals surface area contributed by atoms with Crippen molar-refractivity contribution in [1.82, 2.24) is 0 Å². The van der Waals surface area contributed by atoms with Crippen LogP contribution in [-0.2, 0) is 9.59 Å². The van der Waals surface area contributed by atoms with Crippen molar-refractivity contribution in [3.63, 3.8) is 0 Å². The largest absolute Gasteiger partial charge is 0.482 e. The molecule has 0 atom stereocenters. The van der Waals surface area contributed by atoms with Crippen LogP contribution in [0.4, 0.5) is 11.4 Å². The first-order valence-corrected chi connectivity index (χ1v) is 11.1. The van der Waals surface area contributed by atoms with Gasteiger partial charge in [-0.05, 0) is 54.1 Å². The van der Waals surface area contributed by atoms with Crippen molar-refractivity contribution in [2.24, 2.45) is 0 Å². The normalized spacial score (nSPS) is 10.9. The summed E-state index contributed by atoms with van der Waals surface area (Å²) in [5, 5.41) is 15.8. The maximum atomic E-state index is 12.4. The molecule has 0 heterocycles. The first-order valence-electron chi connectivity index (χ1n) is 9.61. The molecule has 2 N–H and O–H groups in total. The standard InChI is InChI=1S/C24H15Cl4N3O3/c25-17-7-6-16(11-19(17)27)30-23(32)13-34-22-8-5-14(10-20(22)28)9-15(12-29)24(33)31-21-4-2-1-3-18(21)26/h1-11H,13H2,(H,30,32)(H,31,33)/b15-9+. The molecule has 34 heavy (non-hydrogen) atoms. The summed E-state index contributed by atoms with van der Waals surface area (Å²) in [6, 6.07) is 17.9. The molecule has 0 fully saturated rings. The number of nitrogens with one attached hydrogen (secondary N) is 2. The van der Waals surface area contributed by atoms with Gasteiger partial charge in [-0.2, -0.15) is 5.26 Å². The third-order valence-corrected chi connectivity index (χ3v) is 5.68. The highest BCUT2D eigenvalue weighted by atomic mass is 35.5. The van der Waals surface area contributed by atoms with E-state index in [0.717, 1.165) is 0 Å². The molecule has 0 aliphatic carbocycles. The molecule has 2 amide bonds. The molecular weight excluding hydrogens is 520 g/mol. The average Bonchev–Trinajstić information content (AvgIpc) is 2.80. The highest BCUT2D eigenvalue weighted by Gasteiger charge is 2.13. The van der Waals surface area contributed by atoms with E-state index < -0.39 is 11.8 Å². The van der Waals surface area contributed by atoms with E-state index in [1.165, 1.54) is 24.3 Å². The summed E-state index contributed by atoms with van der Waals surface area (Å²) in [5.41, 5.74) is 1.19. The Morgan fingerprint density at radius 3 is 2.32 bits per heavy atom. The lowest BCUT2D eigenvalue weighted by molar-refractivity contribution is -0.118. The molecule has 0 saturated heterocycles. The minimum Gasteiger partial charge on any atom is -0.482 e. The van der Waals surface area contributed by atoms with Crippen molar-refractivity contribution in [2.75, 3.05) is 17.2 Å². The fourth-order valence-electron chi connectivity index (χ4n) is 2.71. The van der Waals surface area contributed by atoms with Gasteiger partial charge in [-0.1, -0.05) is 64.6 Å². The Kier molecular flexibility index (Phi) is 8.80. The number of carbonyl (C=O) groups excluding carboxylic acids is 2. The van der Waals surface area contributed by atoms with Crippen LogP contribution in [0.3, 0.4) is 0 Å². The van der Waals surface area contributed by atoms with E-state index in [2.05, 4.69) is 10.6 Å². The van der Waals surface area contributed by atoms with Crippen molar-refractivity contribution in [2.45, 2.75) is 0 Å². The number of nitrogens with zero attached hydrogens (tertiary/aromatic N) is 1. The maximum absolute atomic E-state index is 12.4. The van der Waals surface area contributed by atoms with Crippen LogP contribution in [-0.4, -0.2) is 18.4 Å². The zero-order valence-corrected chi connectivity index (χ0v) is 20.3. The molecule has 0 saturated carbocycles. The number of nitriles is 1. The van der Waals surface area contributed by atoms with Gasteiger partial charge in [-0.15, -0.1) is 0 Å². The first-order chi connectivity index (χ1) is 16.3. The van der Waals surface area contributed by atoms with Gasteiger partial charge in [-0.25, -0.2) is 0 Å². The van der Waals surface area contributed by atoms with Crippen molar-refractivity contribution in [1.29, 1.82) is 5.26 Å². The molecule has 3 rings (SSSR count). The molecule has 172 valence electrons. The van der Waals surface area contributed by atoms with E-state index in [-0.39, 0.29) is 23.0 Å². The summed E-state index contributed by atoms with van der Waals surface area (Å²) in [6.07, 6.45) is 1.37. The van der Waals surface area contributed by atoms with E-state index in [1.54, 1.807) is 42.5 Å². The van der Waals surface area contributed by atoms with Gasteiger partial charge in [-0.3, -0.25) is 9.59 Å². The second-order valence-electron chi connectivity index (χ2n) is 6.76. The van der Waals surface area contributed by atoms with Crippen LogP contribution in [0, 0.1) is 11.3 Å². The Morgan fingerprint density at radius 1 is 0.882 bits per heavy atom. The average molecular weight is 535 g/mol. The Balaban J connectivity index is 1.64. The van der Waals surface area contributed by atoms with E-state index in [0.29, 0.717) is 32.0 Å². The van der Waals surface area contributed by atoms with Gasteiger partial charge >= 0.3 is 0 Å². The Labute approximate surface area is 215 Å². The number of carbonyl (C=O) groups is 2. The molecule has 10 heteroatoms. The van der Waals surface area contributed by atoms with Crippen molar-refractivity contribution in [3.8, 4) is 11.8 Å². The predicted molar refractivity (Wildman–Crippen MR) is 136 cm³/mol. The molecule has 6 nitrogen and oxygen atoms in total. The number of hydrogen-bond donors (Lipinski definition) is 2. The van der Waals surface area contributed by atoms with Crippen molar-refractivity contribution < 1.29 is 14.3 Å². The van der Waals surface area contributed by atoms with Crippen LogP contribution >= 0.6 is 46.4 Å². The first kappa shape index (κ1) is 25.4. The Bertz CT molecular complexity index is 1320. The number of anilines is 2. The number of ether oxygens (including phenoxy) is 1. The number of hydrogen-bond acceptors (Lipinski definition) is 4. The van der Waals surface area contributed by atoms with Crippen LogP contribution in [0.25, 0.3) is 6.08 Å². The van der Waals surface area contributed by atoms with Gasteiger partial charge in [0.2, 0.25) is 0 Å². The topological polar surface area (TPSA) is 91.2 Å². The molecule has 0 bridgehead atoms. The molecule has 0 radical (unpaired) electrons. The van der Waals surface area contributed by atoms with Gasteiger partial charge in [0.25, 0.3) is 11.8 Å². The third kappa shape index (κ3) is 6.89. The minimum atomic E-state index is -0.619. The Morgan fingerprint density at radius 2 is 1.65 bits per heavy atom. The molecule has 0 aliphatic rings.